The Balaban J connectivity index is 2.18. The number of alkyl halides is 3. The lowest BCUT2D eigenvalue weighted by Gasteiger charge is -2.07. The highest BCUT2D eigenvalue weighted by Gasteiger charge is 2.38. The fourth-order valence-corrected chi connectivity index (χ4v) is 2.64. The molecule has 1 heterocycles. The van der Waals surface area contributed by atoms with Crippen LogP contribution in [0.4, 0.5) is 13.2 Å². The van der Waals surface area contributed by atoms with Crippen molar-refractivity contribution in [3.8, 4) is 0 Å². The van der Waals surface area contributed by atoms with Crippen LogP contribution >= 0.6 is 27.3 Å². The molecule has 0 aliphatic rings. The van der Waals surface area contributed by atoms with Gasteiger partial charge in [-0.3, -0.25) is 9.59 Å². The number of hydrogen-bond donors (Lipinski definition) is 1. The van der Waals surface area contributed by atoms with Gasteiger partial charge in [0.15, 0.2) is 0 Å². The molecule has 0 bridgehead atoms. The number of amides is 1. The van der Waals surface area contributed by atoms with Gasteiger partial charge in [-0.15, -0.1) is 11.3 Å². The van der Waals surface area contributed by atoms with Gasteiger partial charge in [0.05, 0.1) is 17.0 Å². The largest absolute Gasteiger partial charge is 0.450 e. The van der Waals surface area contributed by atoms with Crippen LogP contribution in [-0.2, 0) is 4.79 Å². The van der Waals surface area contributed by atoms with Gasteiger partial charge in [0.2, 0.25) is 5.78 Å². The molecule has 0 atom stereocenters. The number of nitrogens with one attached hydrogen (secondary N) is 1. The second-order valence-electron chi connectivity index (χ2n) is 4.58. The highest BCUT2D eigenvalue weighted by molar-refractivity contribution is 9.10. The van der Waals surface area contributed by atoms with Crippen LogP contribution in [0.15, 0.2) is 51.4 Å². The Morgan fingerprint density at radius 1 is 1.17 bits per heavy atom. The molecule has 1 amide bonds. The number of thiophene rings is 1. The molecule has 4 nitrogen and oxygen atoms in total. The molecule has 0 aliphatic heterocycles. The van der Waals surface area contributed by atoms with E-state index in [0.717, 1.165) is 15.8 Å². The first kappa shape index (κ1) is 18.3. The van der Waals surface area contributed by atoms with Crippen molar-refractivity contribution in [3.63, 3.8) is 0 Å². The zero-order chi connectivity index (χ0) is 17.7. The second-order valence-corrected chi connectivity index (χ2v) is 6.44. The van der Waals surface area contributed by atoms with Gasteiger partial charge < -0.3 is 0 Å². The quantitative estimate of drug-likeness (QED) is 0.585. The number of nitrogens with zero attached hydrogens (tertiary/aromatic N) is 1. The summed E-state index contributed by atoms with van der Waals surface area (Å²) in [5, 5.41) is 5.35. The lowest BCUT2D eigenvalue weighted by atomic mass is 10.1. The minimum absolute atomic E-state index is 0.141. The molecule has 2 rings (SSSR count). The molecular weight excluding hydrogens is 409 g/mol. The average Bonchev–Trinajstić information content (AvgIpc) is 3.04. The van der Waals surface area contributed by atoms with E-state index in [-0.39, 0.29) is 11.3 Å². The van der Waals surface area contributed by atoms with Crippen molar-refractivity contribution in [2.45, 2.75) is 12.6 Å². The predicted octanol–water partition coefficient (Wildman–Crippen LogP) is 4.17. The zero-order valence-corrected chi connectivity index (χ0v) is 14.3. The van der Waals surface area contributed by atoms with E-state index in [1.54, 1.807) is 23.6 Å². The molecule has 0 fully saturated rings. The molecule has 24 heavy (non-hydrogen) atoms. The van der Waals surface area contributed by atoms with Crippen molar-refractivity contribution >= 4 is 44.7 Å². The first-order chi connectivity index (χ1) is 11.3. The van der Waals surface area contributed by atoms with Gasteiger partial charge in [-0.05, 0) is 35.7 Å². The van der Waals surface area contributed by atoms with Crippen LogP contribution in [0.2, 0.25) is 0 Å². The van der Waals surface area contributed by atoms with E-state index < -0.39 is 24.3 Å². The van der Waals surface area contributed by atoms with E-state index in [1.165, 1.54) is 18.2 Å². The molecule has 0 saturated heterocycles. The molecule has 126 valence electrons. The van der Waals surface area contributed by atoms with Crippen molar-refractivity contribution in [3.05, 3.63) is 56.7 Å². The number of hydrogen-bond acceptors (Lipinski definition) is 4. The number of ketones is 1. The van der Waals surface area contributed by atoms with Crippen LogP contribution in [0.5, 0.6) is 0 Å². The van der Waals surface area contributed by atoms with Crippen LogP contribution in [0.1, 0.15) is 21.7 Å². The van der Waals surface area contributed by atoms with Crippen molar-refractivity contribution in [2.24, 2.45) is 5.10 Å². The molecule has 2 aromatic rings. The number of rotatable bonds is 5. The van der Waals surface area contributed by atoms with Crippen molar-refractivity contribution < 1.29 is 22.8 Å². The maximum atomic E-state index is 12.5. The van der Waals surface area contributed by atoms with Crippen LogP contribution in [0.3, 0.4) is 0 Å². The van der Waals surface area contributed by atoms with E-state index in [1.807, 2.05) is 0 Å². The monoisotopic (exact) mass is 418 g/mol. The Morgan fingerprint density at radius 3 is 2.38 bits per heavy atom. The predicted molar refractivity (Wildman–Crippen MR) is 88.1 cm³/mol. The van der Waals surface area contributed by atoms with Crippen molar-refractivity contribution in [1.82, 2.24) is 5.43 Å². The van der Waals surface area contributed by atoms with Gasteiger partial charge >= 0.3 is 6.18 Å². The van der Waals surface area contributed by atoms with Crippen LogP contribution in [-0.4, -0.2) is 23.6 Å². The number of Topliss-reactive ketones (excluding diaryl/α,β-unsaturated/α-hetero) is 1. The van der Waals surface area contributed by atoms with Crippen molar-refractivity contribution in [1.29, 1.82) is 0 Å². The lowest BCUT2D eigenvalue weighted by molar-refractivity contribution is -0.169. The van der Waals surface area contributed by atoms with Gasteiger partial charge in [-0.2, -0.15) is 18.3 Å². The molecule has 0 saturated carbocycles. The molecule has 9 heteroatoms. The normalized spacial score (nSPS) is 12.1. The highest BCUT2D eigenvalue weighted by Crippen LogP contribution is 2.21. The summed E-state index contributed by atoms with van der Waals surface area (Å²) in [6, 6.07) is 9.49. The summed E-state index contributed by atoms with van der Waals surface area (Å²) < 4.78 is 38.2. The topological polar surface area (TPSA) is 58.5 Å². The van der Waals surface area contributed by atoms with Crippen LogP contribution < -0.4 is 5.43 Å². The summed E-state index contributed by atoms with van der Waals surface area (Å²) in [4.78, 5) is 23.6. The summed E-state index contributed by atoms with van der Waals surface area (Å²) >= 11 is 4.35. The highest BCUT2D eigenvalue weighted by atomic mass is 79.9. The van der Waals surface area contributed by atoms with Gasteiger partial charge in [0, 0.05) is 10.0 Å². The molecule has 1 aromatic heterocycles. The Hall–Kier alpha value is -2.00. The Bertz CT molecular complexity index is 756. The minimum Gasteiger partial charge on any atom is -0.289 e. The number of hydrazone groups is 1. The molecule has 1 aromatic carbocycles. The Labute approximate surface area is 147 Å². The molecule has 0 aliphatic carbocycles. The Morgan fingerprint density at radius 2 is 1.83 bits per heavy atom. The minimum atomic E-state index is -4.95. The summed E-state index contributed by atoms with van der Waals surface area (Å²) in [6.45, 7) is 0. The van der Waals surface area contributed by atoms with Gasteiger partial charge in [0.1, 0.15) is 0 Å². The Kier molecular flexibility index (Phi) is 5.89. The standard InChI is InChI=1S/C15H10BrF3N2O2S/c16-10-5-3-9(4-6-10)14(23)21-20-11(12-2-1-7-24-12)8-13(22)15(17,18)19/h1-7H,8H2,(H,21,23)/b20-11-. The lowest BCUT2D eigenvalue weighted by Crippen LogP contribution is -2.27. The third kappa shape index (κ3) is 5.00. The van der Waals surface area contributed by atoms with Gasteiger partial charge in [-0.25, -0.2) is 5.43 Å². The third-order valence-corrected chi connectivity index (χ3v) is 4.30. The molecule has 1 N–H and O–H groups in total. The van der Waals surface area contributed by atoms with Crippen LogP contribution in [0.25, 0.3) is 0 Å². The van der Waals surface area contributed by atoms with Gasteiger partial charge in [-0.1, -0.05) is 22.0 Å². The fourth-order valence-electron chi connectivity index (χ4n) is 1.66. The smallest absolute Gasteiger partial charge is 0.289 e. The van der Waals surface area contributed by atoms with E-state index >= 15 is 0 Å². The maximum Gasteiger partial charge on any atom is 0.450 e. The number of halogens is 4. The van der Waals surface area contributed by atoms with E-state index in [4.69, 9.17) is 0 Å². The molecule has 0 unspecified atom stereocenters. The average molecular weight is 419 g/mol. The summed E-state index contributed by atoms with van der Waals surface area (Å²) in [6.07, 6.45) is -5.89. The summed E-state index contributed by atoms with van der Waals surface area (Å²) in [5.74, 6) is -2.51. The number of benzene rings is 1. The van der Waals surface area contributed by atoms with Gasteiger partial charge in [0.25, 0.3) is 5.91 Å². The van der Waals surface area contributed by atoms with E-state index in [2.05, 4.69) is 26.5 Å². The maximum absolute atomic E-state index is 12.5. The van der Waals surface area contributed by atoms with Crippen molar-refractivity contribution in [2.75, 3.05) is 0 Å². The number of carbonyl (C=O) groups is 2. The number of carbonyl (C=O) groups excluding carboxylic acids is 2. The second kappa shape index (κ2) is 7.71. The summed E-state index contributed by atoms with van der Waals surface area (Å²) in [5.41, 5.74) is 2.33. The SMILES string of the molecule is O=C(N/N=C(/CC(=O)C(F)(F)F)c1cccs1)c1ccc(Br)cc1. The zero-order valence-electron chi connectivity index (χ0n) is 11.9. The van der Waals surface area contributed by atoms with E-state index in [9.17, 15) is 22.8 Å². The molecule has 0 radical (unpaired) electrons. The fraction of sp³-hybridized carbons (Fsp3) is 0.133. The molecule has 0 spiro atoms. The first-order valence-corrected chi connectivity index (χ1v) is 8.21. The first-order valence-electron chi connectivity index (χ1n) is 6.54. The van der Waals surface area contributed by atoms with E-state index in [0.29, 0.717) is 4.88 Å². The molecular formula is C15H10BrF3N2O2S. The summed E-state index contributed by atoms with van der Waals surface area (Å²) in [7, 11) is 0. The third-order valence-electron chi connectivity index (χ3n) is 2.85. The van der Waals surface area contributed by atoms with Crippen LogP contribution in [0, 0.1) is 0 Å².